The van der Waals surface area contributed by atoms with E-state index in [1.54, 1.807) is 18.2 Å². The Morgan fingerprint density at radius 3 is 2.00 bits per heavy atom. The van der Waals surface area contributed by atoms with Crippen LogP contribution >= 0.6 is 23.2 Å². The fourth-order valence-electron chi connectivity index (χ4n) is 2.27. The Hall–Kier alpha value is -1.51. The number of halogens is 2. The molecule has 0 bridgehead atoms. The summed E-state index contributed by atoms with van der Waals surface area (Å²) in [5, 5.41) is 3.59. The van der Waals surface area contributed by atoms with Gasteiger partial charge < -0.3 is 5.32 Å². The number of hydrogen-bond acceptors (Lipinski definition) is 1. The lowest BCUT2D eigenvalue weighted by Crippen LogP contribution is -2.15. The summed E-state index contributed by atoms with van der Waals surface area (Å²) in [5.41, 5.74) is 4.29. The Kier molecular flexibility index (Phi) is 4.36. The van der Waals surface area contributed by atoms with Crippen LogP contribution in [0.15, 0.2) is 30.3 Å². The molecule has 2 rings (SSSR count). The number of rotatable bonds is 2. The first-order chi connectivity index (χ1) is 9.40. The molecule has 0 radical (unpaired) electrons. The minimum Gasteiger partial charge on any atom is -0.321 e. The lowest BCUT2D eigenvalue weighted by Gasteiger charge is -2.14. The molecule has 2 aromatic carbocycles. The van der Waals surface area contributed by atoms with Crippen LogP contribution in [0.2, 0.25) is 10.0 Å². The standard InChI is InChI=1S/C16H15Cl2NO/c1-9-7-10(2)15(11(3)8-9)19-16(20)14-12(17)5-4-6-13(14)18/h4-8H,1-3H3,(H,19,20). The topological polar surface area (TPSA) is 29.1 Å². The van der Waals surface area contributed by atoms with E-state index in [9.17, 15) is 4.79 Å². The molecular formula is C16H15Cl2NO. The van der Waals surface area contributed by atoms with Crippen LogP contribution < -0.4 is 5.32 Å². The van der Waals surface area contributed by atoms with Crippen molar-refractivity contribution in [3.05, 3.63) is 62.6 Å². The third kappa shape index (κ3) is 2.97. The molecule has 0 fully saturated rings. The Bertz CT molecular complexity index is 637. The highest BCUT2D eigenvalue weighted by Crippen LogP contribution is 2.27. The smallest absolute Gasteiger partial charge is 0.258 e. The van der Waals surface area contributed by atoms with Crippen molar-refractivity contribution in [1.82, 2.24) is 0 Å². The fourth-order valence-corrected chi connectivity index (χ4v) is 2.84. The molecule has 104 valence electrons. The van der Waals surface area contributed by atoms with E-state index >= 15 is 0 Å². The van der Waals surface area contributed by atoms with Crippen LogP contribution in [0.5, 0.6) is 0 Å². The maximum absolute atomic E-state index is 12.4. The van der Waals surface area contributed by atoms with Gasteiger partial charge in [-0.3, -0.25) is 4.79 Å². The molecule has 20 heavy (non-hydrogen) atoms. The van der Waals surface area contributed by atoms with Gasteiger partial charge in [-0.2, -0.15) is 0 Å². The Labute approximate surface area is 128 Å². The number of amides is 1. The van der Waals surface area contributed by atoms with E-state index in [0.29, 0.717) is 15.6 Å². The van der Waals surface area contributed by atoms with E-state index in [1.165, 1.54) is 0 Å². The summed E-state index contributed by atoms with van der Waals surface area (Å²) in [6.07, 6.45) is 0. The second-order valence-corrected chi connectivity index (χ2v) is 5.64. The Morgan fingerprint density at radius 1 is 1.00 bits per heavy atom. The average Bonchev–Trinajstić information content (AvgIpc) is 2.33. The maximum Gasteiger partial charge on any atom is 0.258 e. The SMILES string of the molecule is Cc1cc(C)c(NC(=O)c2c(Cl)cccc2Cl)c(C)c1. The average molecular weight is 308 g/mol. The molecule has 0 atom stereocenters. The van der Waals surface area contributed by atoms with E-state index in [2.05, 4.69) is 5.32 Å². The van der Waals surface area contributed by atoms with Crippen LogP contribution in [0, 0.1) is 20.8 Å². The Balaban J connectivity index is 2.38. The second kappa shape index (κ2) is 5.86. The van der Waals surface area contributed by atoms with Gasteiger partial charge in [-0.1, -0.05) is 47.0 Å². The number of anilines is 1. The van der Waals surface area contributed by atoms with Gasteiger partial charge in [0.15, 0.2) is 0 Å². The molecule has 0 aromatic heterocycles. The molecule has 0 aliphatic heterocycles. The summed E-state index contributed by atoms with van der Waals surface area (Å²) in [5.74, 6) is -0.296. The molecule has 2 aromatic rings. The zero-order valence-corrected chi connectivity index (χ0v) is 13.1. The number of benzene rings is 2. The quantitative estimate of drug-likeness (QED) is 0.814. The van der Waals surface area contributed by atoms with Gasteiger partial charge in [-0.25, -0.2) is 0 Å². The lowest BCUT2D eigenvalue weighted by atomic mass is 10.0. The minimum atomic E-state index is -0.296. The maximum atomic E-state index is 12.4. The molecule has 0 aliphatic carbocycles. The van der Waals surface area contributed by atoms with Gasteiger partial charge >= 0.3 is 0 Å². The third-order valence-corrected chi connectivity index (χ3v) is 3.74. The van der Waals surface area contributed by atoms with E-state index < -0.39 is 0 Å². The highest BCUT2D eigenvalue weighted by molar-refractivity contribution is 6.40. The summed E-state index contributed by atoms with van der Waals surface area (Å²) in [4.78, 5) is 12.4. The highest BCUT2D eigenvalue weighted by Gasteiger charge is 2.16. The first-order valence-electron chi connectivity index (χ1n) is 6.23. The fraction of sp³-hybridized carbons (Fsp3) is 0.188. The number of carbonyl (C=O) groups is 1. The predicted molar refractivity (Wildman–Crippen MR) is 85.1 cm³/mol. The molecule has 0 spiro atoms. The van der Waals surface area contributed by atoms with Gasteiger partial charge in [0.05, 0.1) is 15.6 Å². The van der Waals surface area contributed by atoms with Crippen molar-refractivity contribution < 1.29 is 4.79 Å². The zero-order valence-electron chi connectivity index (χ0n) is 11.6. The van der Waals surface area contributed by atoms with Crippen molar-refractivity contribution in [3.8, 4) is 0 Å². The van der Waals surface area contributed by atoms with Crippen LogP contribution in [0.25, 0.3) is 0 Å². The van der Waals surface area contributed by atoms with E-state index in [4.69, 9.17) is 23.2 Å². The van der Waals surface area contributed by atoms with E-state index in [1.807, 2.05) is 32.9 Å². The molecule has 0 saturated heterocycles. The molecule has 1 N–H and O–H groups in total. The Morgan fingerprint density at radius 2 is 1.50 bits per heavy atom. The number of hydrogen-bond donors (Lipinski definition) is 1. The van der Waals surface area contributed by atoms with Gasteiger partial charge in [0, 0.05) is 5.69 Å². The molecule has 2 nitrogen and oxygen atoms in total. The molecule has 0 saturated carbocycles. The molecule has 0 aliphatic rings. The highest BCUT2D eigenvalue weighted by atomic mass is 35.5. The number of nitrogens with one attached hydrogen (secondary N) is 1. The van der Waals surface area contributed by atoms with Gasteiger partial charge in [0.2, 0.25) is 0 Å². The summed E-state index contributed by atoms with van der Waals surface area (Å²) in [6.45, 7) is 5.95. The van der Waals surface area contributed by atoms with Crippen molar-refractivity contribution in [2.24, 2.45) is 0 Å². The van der Waals surface area contributed by atoms with E-state index in [-0.39, 0.29) is 5.91 Å². The monoisotopic (exact) mass is 307 g/mol. The molecule has 0 heterocycles. The van der Waals surface area contributed by atoms with Crippen LogP contribution in [0.4, 0.5) is 5.69 Å². The van der Waals surface area contributed by atoms with Gasteiger partial charge in [-0.15, -0.1) is 0 Å². The van der Waals surface area contributed by atoms with Crippen molar-refractivity contribution in [1.29, 1.82) is 0 Å². The predicted octanol–water partition coefficient (Wildman–Crippen LogP) is 5.17. The van der Waals surface area contributed by atoms with Crippen molar-refractivity contribution in [2.75, 3.05) is 5.32 Å². The van der Waals surface area contributed by atoms with Crippen LogP contribution in [-0.2, 0) is 0 Å². The molecule has 0 unspecified atom stereocenters. The van der Waals surface area contributed by atoms with Gasteiger partial charge in [0.25, 0.3) is 5.91 Å². The summed E-state index contributed by atoms with van der Waals surface area (Å²) >= 11 is 12.1. The minimum absolute atomic E-state index is 0.296. The van der Waals surface area contributed by atoms with Crippen LogP contribution in [0.1, 0.15) is 27.0 Å². The summed E-state index contributed by atoms with van der Waals surface area (Å²) in [7, 11) is 0. The largest absolute Gasteiger partial charge is 0.321 e. The molecular weight excluding hydrogens is 293 g/mol. The first-order valence-corrected chi connectivity index (χ1v) is 6.99. The van der Waals surface area contributed by atoms with Crippen LogP contribution in [-0.4, -0.2) is 5.91 Å². The van der Waals surface area contributed by atoms with Crippen molar-refractivity contribution >= 4 is 34.8 Å². The van der Waals surface area contributed by atoms with Crippen LogP contribution in [0.3, 0.4) is 0 Å². The lowest BCUT2D eigenvalue weighted by molar-refractivity contribution is 0.102. The van der Waals surface area contributed by atoms with Gasteiger partial charge in [0.1, 0.15) is 0 Å². The summed E-state index contributed by atoms with van der Waals surface area (Å²) < 4.78 is 0. The van der Waals surface area contributed by atoms with Crippen molar-refractivity contribution in [3.63, 3.8) is 0 Å². The number of carbonyl (C=O) groups excluding carboxylic acids is 1. The van der Waals surface area contributed by atoms with Gasteiger partial charge in [-0.05, 0) is 44.0 Å². The third-order valence-electron chi connectivity index (χ3n) is 3.11. The number of aryl methyl sites for hydroxylation is 3. The molecule has 1 amide bonds. The van der Waals surface area contributed by atoms with Crippen molar-refractivity contribution in [2.45, 2.75) is 20.8 Å². The first kappa shape index (κ1) is 14.9. The normalized spacial score (nSPS) is 10.4. The summed E-state index contributed by atoms with van der Waals surface area (Å²) in [6, 6.07) is 9.06. The van der Waals surface area contributed by atoms with E-state index in [0.717, 1.165) is 22.4 Å². The molecule has 4 heteroatoms. The second-order valence-electron chi connectivity index (χ2n) is 4.82. The zero-order chi connectivity index (χ0) is 14.9.